The van der Waals surface area contributed by atoms with Gasteiger partial charge >= 0.3 is 0 Å². The molecule has 0 aliphatic heterocycles. The Morgan fingerprint density at radius 3 is 2.15 bits per heavy atom. The number of methoxy groups -OCH3 is 1. The van der Waals surface area contributed by atoms with Crippen LogP contribution in [0.5, 0.6) is 11.5 Å². The standard InChI is InChI=1S/C22H18O4/c1-14-7-9-15(10-8-14)21(24)17-12-11-16(26-2)13-19(17)22(25)18-5-3-4-6-20(18)23/h3-13,23H,1-2H3. The number of carbonyl (C=O) groups excluding carboxylic acids is 2. The molecule has 3 aromatic carbocycles. The van der Waals surface area contributed by atoms with Gasteiger partial charge in [0.25, 0.3) is 0 Å². The number of phenolic OH excluding ortho intramolecular Hbond substituents is 1. The van der Waals surface area contributed by atoms with E-state index in [1.165, 1.54) is 25.3 Å². The number of ether oxygens (including phenoxy) is 1. The van der Waals surface area contributed by atoms with Crippen LogP contribution in [0.2, 0.25) is 0 Å². The fourth-order valence-corrected chi connectivity index (χ4v) is 2.71. The number of hydrogen-bond donors (Lipinski definition) is 1. The maximum atomic E-state index is 13.0. The second-order valence-corrected chi connectivity index (χ2v) is 5.95. The first-order valence-electron chi connectivity index (χ1n) is 8.13. The molecule has 3 aromatic rings. The minimum atomic E-state index is -0.433. The quantitative estimate of drug-likeness (QED) is 0.704. The molecule has 0 saturated carbocycles. The first-order valence-corrected chi connectivity index (χ1v) is 8.13. The Labute approximate surface area is 151 Å². The van der Waals surface area contributed by atoms with Gasteiger partial charge in [0.15, 0.2) is 11.6 Å². The fraction of sp³-hybridized carbons (Fsp3) is 0.0909. The Hall–Kier alpha value is -3.40. The molecule has 26 heavy (non-hydrogen) atoms. The Balaban J connectivity index is 2.12. The van der Waals surface area contributed by atoms with Crippen molar-refractivity contribution in [1.29, 1.82) is 0 Å². The Kier molecular flexibility index (Phi) is 4.85. The van der Waals surface area contributed by atoms with Gasteiger partial charge in [-0.25, -0.2) is 0 Å². The van der Waals surface area contributed by atoms with E-state index >= 15 is 0 Å². The smallest absolute Gasteiger partial charge is 0.197 e. The van der Waals surface area contributed by atoms with E-state index in [0.717, 1.165) is 5.56 Å². The third kappa shape index (κ3) is 3.35. The van der Waals surface area contributed by atoms with Crippen LogP contribution >= 0.6 is 0 Å². The summed E-state index contributed by atoms with van der Waals surface area (Å²) in [4.78, 5) is 25.9. The normalized spacial score (nSPS) is 10.4. The Morgan fingerprint density at radius 2 is 1.50 bits per heavy atom. The number of para-hydroxylation sites is 1. The van der Waals surface area contributed by atoms with Crippen LogP contribution in [0.25, 0.3) is 0 Å². The molecule has 0 bridgehead atoms. The van der Waals surface area contributed by atoms with E-state index < -0.39 is 5.78 Å². The Morgan fingerprint density at radius 1 is 0.808 bits per heavy atom. The lowest BCUT2D eigenvalue weighted by Crippen LogP contribution is -2.11. The summed E-state index contributed by atoms with van der Waals surface area (Å²) in [6.07, 6.45) is 0. The third-order valence-electron chi connectivity index (χ3n) is 4.18. The van der Waals surface area contributed by atoms with Crippen molar-refractivity contribution in [3.63, 3.8) is 0 Å². The highest BCUT2D eigenvalue weighted by Gasteiger charge is 2.22. The lowest BCUT2D eigenvalue weighted by atomic mass is 9.92. The summed E-state index contributed by atoms with van der Waals surface area (Å²) >= 11 is 0. The van der Waals surface area contributed by atoms with E-state index in [0.29, 0.717) is 11.3 Å². The van der Waals surface area contributed by atoms with E-state index in [1.807, 2.05) is 19.1 Å². The molecule has 0 radical (unpaired) electrons. The van der Waals surface area contributed by atoms with Gasteiger partial charge in [-0.15, -0.1) is 0 Å². The number of rotatable bonds is 5. The molecule has 0 spiro atoms. The third-order valence-corrected chi connectivity index (χ3v) is 4.18. The number of benzene rings is 3. The molecule has 0 unspecified atom stereocenters. The average Bonchev–Trinajstić information content (AvgIpc) is 2.67. The maximum absolute atomic E-state index is 13.0. The lowest BCUT2D eigenvalue weighted by Gasteiger charge is -2.11. The van der Waals surface area contributed by atoms with Gasteiger partial charge in [-0.3, -0.25) is 9.59 Å². The molecule has 130 valence electrons. The summed E-state index contributed by atoms with van der Waals surface area (Å²) in [5.41, 5.74) is 2.13. The molecule has 4 heteroatoms. The van der Waals surface area contributed by atoms with Gasteiger partial charge < -0.3 is 9.84 Å². The van der Waals surface area contributed by atoms with E-state index in [-0.39, 0.29) is 28.2 Å². The lowest BCUT2D eigenvalue weighted by molar-refractivity contribution is 0.100. The summed E-state index contributed by atoms with van der Waals surface area (Å²) in [6.45, 7) is 1.94. The average molecular weight is 346 g/mol. The first kappa shape index (κ1) is 17.4. The summed E-state index contributed by atoms with van der Waals surface area (Å²) in [5.74, 6) is -0.359. The molecule has 1 N–H and O–H groups in total. The van der Waals surface area contributed by atoms with Gasteiger partial charge in [-0.1, -0.05) is 42.0 Å². The largest absolute Gasteiger partial charge is 0.507 e. The zero-order chi connectivity index (χ0) is 18.7. The summed E-state index contributed by atoms with van der Waals surface area (Å²) in [7, 11) is 1.49. The van der Waals surface area contributed by atoms with Crippen molar-refractivity contribution < 1.29 is 19.4 Å². The van der Waals surface area contributed by atoms with Crippen molar-refractivity contribution in [3.8, 4) is 11.5 Å². The van der Waals surface area contributed by atoms with Gasteiger partial charge in [0, 0.05) is 16.7 Å². The zero-order valence-electron chi connectivity index (χ0n) is 14.5. The molecule has 0 atom stereocenters. The minimum absolute atomic E-state index is 0.131. The van der Waals surface area contributed by atoms with Gasteiger partial charge in [-0.05, 0) is 37.3 Å². The molecular formula is C22H18O4. The molecular weight excluding hydrogens is 328 g/mol. The van der Waals surface area contributed by atoms with Crippen LogP contribution in [-0.4, -0.2) is 23.8 Å². The molecule has 0 aliphatic rings. The molecule has 0 fully saturated rings. The maximum Gasteiger partial charge on any atom is 0.197 e. The highest BCUT2D eigenvalue weighted by molar-refractivity contribution is 6.20. The summed E-state index contributed by atoms with van der Waals surface area (Å²) in [6, 6.07) is 18.2. The van der Waals surface area contributed by atoms with Crippen molar-refractivity contribution in [3.05, 3.63) is 94.5 Å². The van der Waals surface area contributed by atoms with Crippen LogP contribution in [0, 0.1) is 6.92 Å². The molecule has 0 aromatic heterocycles. The van der Waals surface area contributed by atoms with Gasteiger partial charge in [0.1, 0.15) is 11.5 Å². The van der Waals surface area contributed by atoms with Crippen LogP contribution in [-0.2, 0) is 0 Å². The van der Waals surface area contributed by atoms with Crippen molar-refractivity contribution >= 4 is 11.6 Å². The molecule has 0 amide bonds. The number of phenols is 1. The minimum Gasteiger partial charge on any atom is -0.507 e. The number of aromatic hydroxyl groups is 1. The number of hydrogen-bond acceptors (Lipinski definition) is 4. The summed E-state index contributed by atoms with van der Waals surface area (Å²) < 4.78 is 5.20. The molecule has 0 aliphatic carbocycles. The molecule has 4 nitrogen and oxygen atoms in total. The number of aryl methyl sites for hydroxylation is 1. The number of carbonyl (C=O) groups is 2. The van der Waals surface area contributed by atoms with Crippen molar-refractivity contribution in [2.24, 2.45) is 0 Å². The van der Waals surface area contributed by atoms with Crippen LogP contribution in [0.15, 0.2) is 66.7 Å². The van der Waals surface area contributed by atoms with Crippen molar-refractivity contribution in [2.75, 3.05) is 7.11 Å². The predicted octanol–water partition coefficient (Wildman–Crippen LogP) is 4.17. The molecule has 0 saturated heterocycles. The predicted molar refractivity (Wildman–Crippen MR) is 99.1 cm³/mol. The Bertz CT molecular complexity index is 972. The fourth-order valence-electron chi connectivity index (χ4n) is 2.71. The zero-order valence-corrected chi connectivity index (χ0v) is 14.5. The number of ketones is 2. The van der Waals surface area contributed by atoms with Crippen molar-refractivity contribution in [1.82, 2.24) is 0 Å². The van der Waals surface area contributed by atoms with Crippen LogP contribution in [0.1, 0.15) is 37.4 Å². The van der Waals surface area contributed by atoms with Gasteiger partial charge in [-0.2, -0.15) is 0 Å². The monoisotopic (exact) mass is 346 g/mol. The van der Waals surface area contributed by atoms with Crippen molar-refractivity contribution in [2.45, 2.75) is 6.92 Å². The van der Waals surface area contributed by atoms with E-state index in [9.17, 15) is 14.7 Å². The second-order valence-electron chi connectivity index (χ2n) is 5.95. The van der Waals surface area contributed by atoms with Crippen LogP contribution < -0.4 is 4.74 Å². The van der Waals surface area contributed by atoms with E-state index in [4.69, 9.17) is 4.74 Å². The topological polar surface area (TPSA) is 63.6 Å². The first-order chi connectivity index (χ1) is 12.5. The van der Waals surface area contributed by atoms with Crippen LogP contribution in [0.3, 0.4) is 0 Å². The SMILES string of the molecule is COc1ccc(C(=O)c2ccc(C)cc2)c(C(=O)c2ccccc2O)c1. The van der Waals surface area contributed by atoms with Gasteiger partial charge in [0.2, 0.25) is 0 Å². The highest BCUT2D eigenvalue weighted by Crippen LogP contribution is 2.26. The van der Waals surface area contributed by atoms with Crippen LogP contribution in [0.4, 0.5) is 0 Å². The summed E-state index contributed by atoms with van der Waals surface area (Å²) in [5, 5.41) is 10.0. The van der Waals surface area contributed by atoms with Gasteiger partial charge in [0.05, 0.1) is 12.7 Å². The van der Waals surface area contributed by atoms with E-state index in [1.54, 1.807) is 36.4 Å². The van der Waals surface area contributed by atoms with E-state index in [2.05, 4.69) is 0 Å². The molecule has 0 heterocycles. The second kappa shape index (κ2) is 7.23. The molecule has 3 rings (SSSR count). The highest BCUT2D eigenvalue weighted by atomic mass is 16.5.